The highest BCUT2D eigenvalue weighted by Gasteiger charge is 2.44. The molecule has 0 saturated heterocycles. The van der Waals surface area contributed by atoms with Gasteiger partial charge < -0.3 is 14.1 Å². The summed E-state index contributed by atoms with van der Waals surface area (Å²) in [6.07, 6.45) is 0. The lowest BCUT2D eigenvalue weighted by Gasteiger charge is -2.40. The lowest BCUT2D eigenvalue weighted by atomic mass is 9.34. The summed E-state index contributed by atoms with van der Waals surface area (Å²) in [6.45, 7) is 13.1. The van der Waals surface area contributed by atoms with Crippen LogP contribution in [0.25, 0.3) is 32.0 Å². The number of nitrogens with zero attached hydrogens (tertiary/aromatic N) is 1. The quantitative estimate of drug-likeness (QED) is 0.168. The number of hydrogen-bond acceptors (Lipinski definition) is 4. The first-order chi connectivity index (χ1) is 23.6. The molecule has 0 N–H and O–H groups in total. The SMILES string of the molecule is [2H]C([2H])([2H])c1cc2c3c(c1)N(c1ccc4oc5ccc(C(C)(C)C)cc5c4c1)c1ccc(C(C)(C)C)cc1B3c1c(sc3ccc(C)cc13)O2. The second-order valence-corrected chi connectivity index (χ2v) is 16.4. The van der Waals surface area contributed by atoms with E-state index >= 15 is 0 Å². The number of furan rings is 1. The second kappa shape index (κ2) is 9.55. The molecule has 232 valence electrons. The van der Waals surface area contributed by atoms with Crippen LogP contribution in [0.1, 0.15) is 67.9 Å². The van der Waals surface area contributed by atoms with Gasteiger partial charge in [-0.3, -0.25) is 0 Å². The lowest BCUT2D eigenvalue weighted by molar-refractivity contribution is 0.501. The van der Waals surface area contributed by atoms with Crippen LogP contribution >= 0.6 is 11.3 Å². The van der Waals surface area contributed by atoms with Gasteiger partial charge in [0.1, 0.15) is 16.9 Å². The number of fused-ring (bicyclic) bond motifs is 9. The summed E-state index contributed by atoms with van der Waals surface area (Å²) >= 11 is 1.64. The minimum absolute atomic E-state index is 0.0149. The summed E-state index contributed by atoms with van der Waals surface area (Å²) < 4.78 is 39.8. The maximum atomic E-state index is 8.50. The molecule has 0 bridgehead atoms. The van der Waals surface area contributed by atoms with Crippen molar-refractivity contribution in [3.8, 4) is 10.8 Å². The molecule has 2 aliphatic rings. The number of thiophene rings is 1. The Morgan fingerprint density at radius 3 is 2.17 bits per heavy atom. The number of benzene rings is 5. The first-order valence-electron chi connectivity index (χ1n) is 17.9. The van der Waals surface area contributed by atoms with E-state index in [0.29, 0.717) is 5.75 Å². The number of aryl methyl sites for hydroxylation is 2. The second-order valence-electron chi connectivity index (χ2n) is 15.3. The van der Waals surface area contributed by atoms with Crippen LogP contribution in [0.15, 0.2) is 89.3 Å². The molecule has 0 saturated carbocycles. The molecule has 0 aliphatic carbocycles. The van der Waals surface area contributed by atoms with Crippen LogP contribution in [0.3, 0.4) is 0 Å². The van der Waals surface area contributed by atoms with Crippen molar-refractivity contribution in [2.45, 2.75) is 66.1 Å². The molecule has 5 heteroatoms. The molecule has 0 amide bonds. The van der Waals surface area contributed by atoms with Crippen molar-refractivity contribution in [3.05, 3.63) is 107 Å². The highest BCUT2D eigenvalue weighted by Crippen LogP contribution is 2.46. The number of hydrogen-bond donors (Lipinski definition) is 0. The molecular weight excluding hydrogens is 593 g/mol. The third-order valence-electron chi connectivity index (χ3n) is 10.0. The standard InChI is InChI=1S/C42H38BNO2S/c1-23-9-16-37-30(17-23)38-40(47-37)46-36-19-24(2)18-33-39(36)43(38)31-21-26(42(6,7)8)10-13-32(31)44(33)27-12-15-35-29(22-27)28-20-25(41(3,4)5)11-14-34(28)45-35/h9-22H,1-8H3/i2D3. The van der Waals surface area contributed by atoms with Gasteiger partial charge in [-0.1, -0.05) is 88.8 Å². The largest absolute Gasteiger partial charge is 0.456 e. The molecular formula is C42H38BNO2S. The molecule has 0 atom stereocenters. The predicted octanol–water partition coefficient (Wildman–Crippen LogP) is 10.4. The fourth-order valence-electron chi connectivity index (χ4n) is 7.52. The Bertz CT molecular complexity index is 2570. The Labute approximate surface area is 285 Å². The summed E-state index contributed by atoms with van der Waals surface area (Å²) in [7, 11) is 0. The lowest BCUT2D eigenvalue weighted by Crippen LogP contribution is -2.59. The molecule has 0 radical (unpaired) electrons. The van der Waals surface area contributed by atoms with Gasteiger partial charge in [-0.05, 0) is 118 Å². The van der Waals surface area contributed by atoms with E-state index in [1.54, 1.807) is 17.4 Å². The number of anilines is 3. The zero-order valence-corrected chi connectivity index (χ0v) is 28.6. The van der Waals surface area contributed by atoms with Gasteiger partial charge in [0.25, 0.3) is 6.71 Å². The molecule has 0 fully saturated rings. The maximum Gasteiger partial charge on any atom is 0.258 e. The van der Waals surface area contributed by atoms with Crippen molar-refractivity contribution in [3.63, 3.8) is 0 Å². The normalized spacial score (nSPS) is 15.3. The van der Waals surface area contributed by atoms with Crippen LogP contribution in [-0.4, -0.2) is 6.71 Å². The van der Waals surface area contributed by atoms with Crippen LogP contribution < -0.4 is 26.0 Å². The number of rotatable bonds is 1. The Hall–Kier alpha value is -4.48. The third kappa shape index (κ3) is 4.25. The van der Waals surface area contributed by atoms with Crippen LogP contribution in [0, 0.1) is 13.8 Å². The van der Waals surface area contributed by atoms with Crippen molar-refractivity contribution in [1.29, 1.82) is 0 Å². The average molecular weight is 635 g/mol. The van der Waals surface area contributed by atoms with Gasteiger partial charge in [0.2, 0.25) is 0 Å². The van der Waals surface area contributed by atoms with Gasteiger partial charge in [-0.2, -0.15) is 0 Å². The van der Waals surface area contributed by atoms with E-state index in [0.717, 1.165) is 59.7 Å². The zero-order chi connectivity index (χ0) is 35.1. The fraction of sp³-hybridized carbons (Fsp3) is 0.238. The molecule has 2 aromatic heterocycles. The van der Waals surface area contributed by atoms with Gasteiger partial charge in [0.05, 0.1) is 0 Å². The average Bonchev–Trinajstić information content (AvgIpc) is 3.59. The summed E-state index contributed by atoms with van der Waals surface area (Å²) in [5.41, 5.74) is 11.7. The molecule has 4 heterocycles. The van der Waals surface area contributed by atoms with Gasteiger partial charge in [0.15, 0.2) is 5.06 Å². The van der Waals surface area contributed by atoms with Crippen LogP contribution in [0.2, 0.25) is 0 Å². The van der Waals surface area contributed by atoms with Crippen molar-refractivity contribution in [1.82, 2.24) is 0 Å². The Balaban J connectivity index is 1.37. The monoisotopic (exact) mass is 634 g/mol. The van der Waals surface area contributed by atoms with E-state index < -0.39 is 6.85 Å². The van der Waals surface area contributed by atoms with Gasteiger partial charge in [-0.15, -0.1) is 0 Å². The third-order valence-corrected chi connectivity index (χ3v) is 11.1. The minimum atomic E-state index is -2.32. The molecule has 0 unspecified atom stereocenters. The van der Waals surface area contributed by atoms with E-state index in [9.17, 15) is 0 Å². The molecule has 5 aromatic carbocycles. The summed E-state index contributed by atoms with van der Waals surface area (Å²) in [5, 5.41) is 4.11. The van der Waals surface area contributed by atoms with Crippen LogP contribution in [0.5, 0.6) is 10.8 Å². The van der Waals surface area contributed by atoms with Crippen molar-refractivity contribution >= 4 is 83.5 Å². The van der Waals surface area contributed by atoms with E-state index in [4.69, 9.17) is 13.3 Å². The van der Waals surface area contributed by atoms with Gasteiger partial charge >= 0.3 is 0 Å². The van der Waals surface area contributed by atoms with E-state index in [1.807, 2.05) is 12.1 Å². The van der Waals surface area contributed by atoms with E-state index in [-0.39, 0.29) is 23.1 Å². The highest BCUT2D eigenvalue weighted by atomic mass is 32.1. The smallest absolute Gasteiger partial charge is 0.258 e. The predicted molar refractivity (Wildman–Crippen MR) is 202 cm³/mol. The number of ether oxygens (including phenoxy) is 1. The molecule has 47 heavy (non-hydrogen) atoms. The van der Waals surface area contributed by atoms with Gasteiger partial charge in [0, 0.05) is 36.6 Å². The highest BCUT2D eigenvalue weighted by molar-refractivity contribution is 7.24. The first-order valence-corrected chi connectivity index (χ1v) is 17.2. The molecule has 9 rings (SSSR count). The summed E-state index contributed by atoms with van der Waals surface area (Å²) in [5.74, 6) is 0.607. The Morgan fingerprint density at radius 1 is 0.681 bits per heavy atom. The van der Waals surface area contributed by atoms with E-state index in [1.165, 1.54) is 27.5 Å². The van der Waals surface area contributed by atoms with E-state index in [2.05, 4.69) is 120 Å². The maximum absolute atomic E-state index is 8.50. The molecule has 7 aromatic rings. The Kier molecular flexibility index (Phi) is 5.20. The molecule has 2 aliphatic heterocycles. The summed E-state index contributed by atoms with van der Waals surface area (Å²) in [6, 6.07) is 29.8. The molecule has 3 nitrogen and oxygen atoms in total. The van der Waals surface area contributed by atoms with Crippen molar-refractivity contribution in [2.24, 2.45) is 0 Å². The first kappa shape index (κ1) is 25.6. The zero-order valence-electron chi connectivity index (χ0n) is 30.8. The minimum Gasteiger partial charge on any atom is -0.456 e. The van der Waals surface area contributed by atoms with Crippen molar-refractivity contribution < 1.29 is 13.3 Å². The van der Waals surface area contributed by atoms with Crippen LogP contribution in [-0.2, 0) is 10.8 Å². The van der Waals surface area contributed by atoms with Crippen molar-refractivity contribution in [2.75, 3.05) is 4.90 Å². The topological polar surface area (TPSA) is 25.6 Å². The summed E-state index contributed by atoms with van der Waals surface area (Å²) in [4.78, 5) is 2.24. The molecule has 0 spiro atoms. The Morgan fingerprint density at radius 2 is 1.40 bits per heavy atom. The van der Waals surface area contributed by atoms with Crippen LogP contribution in [0.4, 0.5) is 17.1 Å². The fourth-order valence-corrected chi connectivity index (χ4v) is 8.60. The van der Waals surface area contributed by atoms with Gasteiger partial charge in [-0.25, -0.2) is 0 Å².